The molecule has 0 fully saturated rings. The predicted octanol–water partition coefficient (Wildman–Crippen LogP) is 3.38. The van der Waals surface area contributed by atoms with Crippen molar-refractivity contribution in [1.82, 2.24) is 0 Å². The van der Waals surface area contributed by atoms with Gasteiger partial charge >= 0.3 is 5.97 Å². The fraction of sp³-hybridized carbons (Fsp3) is 0.188. The molecule has 20 heavy (non-hydrogen) atoms. The molecule has 2 rings (SSSR count). The van der Waals surface area contributed by atoms with Gasteiger partial charge in [0.25, 0.3) is 0 Å². The quantitative estimate of drug-likeness (QED) is 0.927. The summed E-state index contributed by atoms with van der Waals surface area (Å²) in [6.07, 6.45) is 0. The van der Waals surface area contributed by atoms with Gasteiger partial charge in [0.2, 0.25) is 0 Å². The first-order valence-corrected chi connectivity index (χ1v) is 6.13. The molecule has 0 aliphatic heterocycles. The zero-order chi connectivity index (χ0) is 14.7. The van der Waals surface area contributed by atoms with Gasteiger partial charge in [0.1, 0.15) is 5.56 Å². The molecule has 4 heteroatoms. The smallest absolute Gasteiger partial charge is 0.339 e. The van der Waals surface area contributed by atoms with E-state index in [1.807, 2.05) is 31.2 Å². The zero-order valence-corrected chi connectivity index (χ0v) is 11.6. The average molecular weight is 272 g/mol. The van der Waals surface area contributed by atoms with Crippen LogP contribution < -0.4 is 9.47 Å². The van der Waals surface area contributed by atoms with Crippen LogP contribution >= 0.6 is 0 Å². The lowest BCUT2D eigenvalue weighted by Gasteiger charge is -2.14. The van der Waals surface area contributed by atoms with E-state index in [1.165, 1.54) is 14.2 Å². The van der Waals surface area contributed by atoms with Crippen molar-refractivity contribution in [1.29, 1.82) is 0 Å². The van der Waals surface area contributed by atoms with Gasteiger partial charge in [-0.2, -0.15) is 0 Å². The summed E-state index contributed by atoms with van der Waals surface area (Å²) in [5, 5.41) is 9.32. The second-order valence-corrected chi connectivity index (χ2v) is 4.38. The lowest BCUT2D eigenvalue weighted by molar-refractivity contribution is 0.0692. The minimum absolute atomic E-state index is 0.0881. The van der Waals surface area contributed by atoms with Crippen LogP contribution in [0.15, 0.2) is 36.4 Å². The van der Waals surface area contributed by atoms with E-state index in [2.05, 4.69) is 0 Å². The standard InChI is InChI=1S/C16H16O4/c1-10-6-4-5-7-12(10)11-8-13(16(17)18)15(20-3)14(9-11)19-2/h4-9H,1-3H3,(H,17,18). The molecule has 0 aliphatic carbocycles. The number of benzene rings is 2. The van der Waals surface area contributed by atoms with Crippen LogP contribution in [0.4, 0.5) is 0 Å². The largest absolute Gasteiger partial charge is 0.493 e. The van der Waals surface area contributed by atoms with Crippen LogP contribution in [0.2, 0.25) is 0 Å². The van der Waals surface area contributed by atoms with Crippen molar-refractivity contribution in [3.63, 3.8) is 0 Å². The molecule has 0 heterocycles. The molecule has 0 spiro atoms. The van der Waals surface area contributed by atoms with Crippen LogP contribution in [0.3, 0.4) is 0 Å². The van der Waals surface area contributed by atoms with Gasteiger partial charge in [-0.15, -0.1) is 0 Å². The number of carbonyl (C=O) groups is 1. The van der Waals surface area contributed by atoms with E-state index < -0.39 is 5.97 Å². The number of carboxylic acid groups (broad SMARTS) is 1. The number of methoxy groups -OCH3 is 2. The highest BCUT2D eigenvalue weighted by molar-refractivity contribution is 5.94. The maximum Gasteiger partial charge on any atom is 0.339 e. The Hall–Kier alpha value is -2.49. The van der Waals surface area contributed by atoms with Crippen LogP contribution in [0, 0.1) is 6.92 Å². The molecule has 0 saturated heterocycles. The number of aromatic carboxylic acids is 1. The van der Waals surface area contributed by atoms with Gasteiger partial charge in [-0.3, -0.25) is 0 Å². The molecule has 0 aromatic heterocycles. The van der Waals surface area contributed by atoms with Crippen molar-refractivity contribution < 1.29 is 19.4 Å². The van der Waals surface area contributed by atoms with E-state index in [4.69, 9.17) is 9.47 Å². The van der Waals surface area contributed by atoms with Crippen molar-refractivity contribution in [2.45, 2.75) is 6.92 Å². The van der Waals surface area contributed by atoms with Gasteiger partial charge in [0, 0.05) is 0 Å². The average Bonchev–Trinajstić information content (AvgIpc) is 2.46. The minimum Gasteiger partial charge on any atom is -0.493 e. The second kappa shape index (κ2) is 5.65. The van der Waals surface area contributed by atoms with Crippen molar-refractivity contribution in [2.75, 3.05) is 14.2 Å². The van der Waals surface area contributed by atoms with Gasteiger partial charge < -0.3 is 14.6 Å². The first-order chi connectivity index (χ1) is 9.58. The summed E-state index contributed by atoms with van der Waals surface area (Å²) >= 11 is 0. The molecular weight excluding hydrogens is 256 g/mol. The van der Waals surface area contributed by atoms with Crippen molar-refractivity contribution in [3.8, 4) is 22.6 Å². The summed E-state index contributed by atoms with van der Waals surface area (Å²) in [4.78, 5) is 11.4. The van der Waals surface area contributed by atoms with Crippen molar-refractivity contribution in [2.24, 2.45) is 0 Å². The Balaban J connectivity index is 2.70. The minimum atomic E-state index is -1.05. The maximum atomic E-state index is 11.4. The summed E-state index contributed by atoms with van der Waals surface area (Å²) in [5.74, 6) is -0.404. The zero-order valence-electron chi connectivity index (χ0n) is 11.6. The summed E-state index contributed by atoms with van der Waals surface area (Å²) in [5.41, 5.74) is 2.91. The topological polar surface area (TPSA) is 55.8 Å². The van der Waals surface area contributed by atoms with Gasteiger partial charge in [-0.05, 0) is 35.7 Å². The molecule has 0 unspecified atom stereocenters. The van der Waals surface area contributed by atoms with Gasteiger partial charge in [-0.1, -0.05) is 24.3 Å². The molecule has 0 radical (unpaired) electrons. The fourth-order valence-electron chi connectivity index (χ4n) is 2.18. The molecule has 104 valence electrons. The summed E-state index contributed by atoms with van der Waals surface area (Å²) in [7, 11) is 2.92. The Labute approximate surface area is 117 Å². The van der Waals surface area contributed by atoms with Gasteiger partial charge in [0.15, 0.2) is 11.5 Å². The summed E-state index contributed by atoms with van der Waals surface area (Å²) in [6.45, 7) is 1.98. The SMILES string of the molecule is COc1cc(-c2ccccc2C)cc(C(=O)O)c1OC. The van der Waals surface area contributed by atoms with Gasteiger partial charge in [0.05, 0.1) is 14.2 Å². The highest BCUT2D eigenvalue weighted by Gasteiger charge is 2.18. The number of rotatable bonds is 4. The highest BCUT2D eigenvalue weighted by atomic mass is 16.5. The van der Waals surface area contributed by atoms with Crippen LogP contribution in [-0.2, 0) is 0 Å². The Kier molecular flexibility index (Phi) is 3.94. The molecular formula is C16H16O4. The number of hydrogen-bond acceptors (Lipinski definition) is 3. The molecule has 0 saturated carbocycles. The van der Waals surface area contributed by atoms with E-state index in [9.17, 15) is 9.90 Å². The third kappa shape index (κ3) is 2.45. The van der Waals surface area contributed by atoms with Crippen LogP contribution in [0.25, 0.3) is 11.1 Å². The number of aryl methyl sites for hydroxylation is 1. The first kappa shape index (κ1) is 13.9. The molecule has 0 atom stereocenters. The molecule has 4 nitrogen and oxygen atoms in total. The third-order valence-corrected chi connectivity index (χ3v) is 3.17. The molecule has 0 bridgehead atoms. The Morgan fingerprint density at radius 3 is 2.35 bits per heavy atom. The first-order valence-electron chi connectivity index (χ1n) is 6.13. The predicted molar refractivity (Wildman–Crippen MR) is 76.7 cm³/mol. The highest BCUT2D eigenvalue weighted by Crippen LogP contribution is 2.37. The van der Waals surface area contributed by atoms with Crippen molar-refractivity contribution >= 4 is 5.97 Å². The lowest BCUT2D eigenvalue weighted by atomic mass is 9.98. The molecule has 0 aliphatic rings. The van der Waals surface area contributed by atoms with Crippen LogP contribution in [-0.4, -0.2) is 25.3 Å². The van der Waals surface area contributed by atoms with Gasteiger partial charge in [-0.25, -0.2) is 4.79 Å². The normalized spacial score (nSPS) is 10.2. The number of ether oxygens (including phenoxy) is 2. The van der Waals surface area contributed by atoms with E-state index in [-0.39, 0.29) is 11.3 Å². The van der Waals surface area contributed by atoms with Crippen molar-refractivity contribution in [3.05, 3.63) is 47.5 Å². The van der Waals surface area contributed by atoms with E-state index in [1.54, 1.807) is 12.1 Å². The van der Waals surface area contributed by atoms with Crippen LogP contribution in [0.5, 0.6) is 11.5 Å². The van der Waals surface area contributed by atoms with E-state index in [0.717, 1.165) is 16.7 Å². The monoisotopic (exact) mass is 272 g/mol. The maximum absolute atomic E-state index is 11.4. The van der Waals surface area contributed by atoms with E-state index in [0.29, 0.717) is 5.75 Å². The number of hydrogen-bond donors (Lipinski definition) is 1. The Bertz CT molecular complexity index is 647. The fourth-order valence-corrected chi connectivity index (χ4v) is 2.18. The lowest BCUT2D eigenvalue weighted by Crippen LogP contribution is -2.03. The molecule has 0 amide bonds. The summed E-state index contributed by atoms with van der Waals surface area (Å²) in [6, 6.07) is 11.2. The molecule has 1 N–H and O–H groups in total. The second-order valence-electron chi connectivity index (χ2n) is 4.38. The Morgan fingerprint density at radius 1 is 1.10 bits per heavy atom. The Morgan fingerprint density at radius 2 is 1.80 bits per heavy atom. The van der Waals surface area contributed by atoms with Crippen LogP contribution in [0.1, 0.15) is 15.9 Å². The molecule has 2 aromatic rings. The molecule has 2 aromatic carbocycles. The third-order valence-electron chi connectivity index (χ3n) is 3.17. The van der Waals surface area contributed by atoms with E-state index >= 15 is 0 Å². The summed E-state index contributed by atoms with van der Waals surface area (Å²) < 4.78 is 10.4. The number of carboxylic acids is 1.